The summed E-state index contributed by atoms with van der Waals surface area (Å²) in [7, 11) is 0. The highest BCUT2D eigenvalue weighted by atomic mass is 79.9. The predicted molar refractivity (Wildman–Crippen MR) is 106 cm³/mol. The van der Waals surface area contributed by atoms with E-state index in [1.54, 1.807) is 17.1 Å². The molecule has 0 saturated carbocycles. The molecule has 1 heterocycles. The molecule has 0 radical (unpaired) electrons. The maximum absolute atomic E-state index is 13.3. The lowest BCUT2D eigenvalue weighted by Gasteiger charge is -2.27. The smallest absolute Gasteiger partial charge is 0.267 e. The fraction of sp³-hybridized carbons (Fsp3) is 0.150. The van der Waals surface area contributed by atoms with Crippen molar-refractivity contribution in [2.75, 3.05) is 5.01 Å². The van der Waals surface area contributed by atoms with Gasteiger partial charge in [-0.3, -0.25) is 9.47 Å². The van der Waals surface area contributed by atoms with Gasteiger partial charge in [-0.15, -0.1) is 0 Å². The van der Waals surface area contributed by atoms with Gasteiger partial charge in [0.05, 0.1) is 17.1 Å². The number of nitrogens with zero attached hydrogens (tertiary/aromatic N) is 2. The molecule has 0 N–H and O–H groups in total. The molecule has 0 spiro atoms. The summed E-state index contributed by atoms with van der Waals surface area (Å²) in [6.45, 7) is 4.43. The molecule has 0 bridgehead atoms. The van der Waals surface area contributed by atoms with Gasteiger partial charge in [0.2, 0.25) is 0 Å². The molecule has 0 aliphatic carbocycles. The standard InChI is InChI=1S/C20H18BrClN2O/c1-14-7-8-15(2)24(14)23(13-16-9-11-17(21)12-10-16)20(25)18-5-3-4-6-19(18)22/h3-12H,13H2,1-2H3. The molecule has 3 aromatic rings. The number of halogens is 2. The molecule has 128 valence electrons. The Bertz CT molecular complexity index is 883. The minimum absolute atomic E-state index is 0.129. The third-order valence-electron chi connectivity index (χ3n) is 4.06. The molecule has 3 rings (SSSR count). The fourth-order valence-corrected chi connectivity index (χ4v) is 3.29. The summed E-state index contributed by atoms with van der Waals surface area (Å²) in [5.41, 5.74) is 3.52. The third-order valence-corrected chi connectivity index (χ3v) is 4.92. The van der Waals surface area contributed by atoms with Crippen molar-refractivity contribution in [2.45, 2.75) is 20.4 Å². The number of carbonyl (C=O) groups excluding carboxylic acids is 1. The maximum atomic E-state index is 13.3. The van der Waals surface area contributed by atoms with E-state index in [-0.39, 0.29) is 5.91 Å². The fourth-order valence-electron chi connectivity index (χ4n) is 2.81. The van der Waals surface area contributed by atoms with Crippen LogP contribution in [0.1, 0.15) is 27.3 Å². The number of hydrogen-bond acceptors (Lipinski definition) is 1. The lowest BCUT2D eigenvalue weighted by atomic mass is 10.2. The van der Waals surface area contributed by atoms with Crippen LogP contribution < -0.4 is 5.01 Å². The zero-order chi connectivity index (χ0) is 18.0. The van der Waals surface area contributed by atoms with Gasteiger partial charge in [-0.1, -0.05) is 51.8 Å². The van der Waals surface area contributed by atoms with Crippen molar-refractivity contribution < 1.29 is 4.79 Å². The van der Waals surface area contributed by atoms with E-state index in [0.29, 0.717) is 17.1 Å². The molecule has 25 heavy (non-hydrogen) atoms. The predicted octanol–water partition coefficient (Wildman–Crippen LogP) is 5.50. The first-order valence-corrected chi connectivity index (χ1v) is 9.10. The first-order valence-electron chi connectivity index (χ1n) is 7.93. The van der Waals surface area contributed by atoms with E-state index >= 15 is 0 Å². The largest absolute Gasteiger partial charge is 0.274 e. The number of aryl methyl sites for hydroxylation is 2. The number of carbonyl (C=O) groups is 1. The molecule has 0 aliphatic heterocycles. The first-order chi connectivity index (χ1) is 12.0. The Balaban J connectivity index is 2.04. The van der Waals surface area contributed by atoms with Crippen LogP contribution in [0, 0.1) is 13.8 Å². The van der Waals surface area contributed by atoms with Gasteiger partial charge >= 0.3 is 0 Å². The van der Waals surface area contributed by atoms with Gasteiger partial charge in [-0.05, 0) is 55.8 Å². The first kappa shape index (κ1) is 17.8. The molecule has 0 aliphatic rings. The Morgan fingerprint density at radius 3 is 2.20 bits per heavy atom. The summed E-state index contributed by atoms with van der Waals surface area (Å²) >= 11 is 9.71. The molecule has 2 aromatic carbocycles. The lowest BCUT2D eigenvalue weighted by Crippen LogP contribution is -2.41. The van der Waals surface area contributed by atoms with Crippen LogP contribution in [0.2, 0.25) is 5.02 Å². The number of hydrogen-bond donors (Lipinski definition) is 0. The van der Waals surface area contributed by atoms with Crippen LogP contribution in [0.5, 0.6) is 0 Å². The Morgan fingerprint density at radius 2 is 1.60 bits per heavy atom. The van der Waals surface area contributed by atoms with Gasteiger partial charge in [0.15, 0.2) is 0 Å². The Hall–Kier alpha value is -2.04. The van der Waals surface area contributed by atoms with Crippen LogP contribution in [0.3, 0.4) is 0 Å². The second-order valence-electron chi connectivity index (χ2n) is 5.90. The van der Waals surface area contributed by atoms with E-state index < -0.39 is 0 Å². The number of rotatable bonds is 4. The quantitative estimate of drug-likeness (QED) is 0.550. The van der Waals surface area contributed by atoms with Crippen molar-refractivity contribution in [3.63, 3.8) is 0 Å². The molecule has 0 fully saturated rings. The van der Waals surface area contributed by atoms with E-state index in [2.05, 4.69) is 15.9 Å². The molecule has 1 aromatic heterocycles. The van der Waals surface area contributed by atoms with Crippen molar-refractivity contribution in [3.05, 3.63) is 92.7 Å². The van der Waals surface area contributed by atoms with Crippen molar-refractivity contribution in [2.24, 2.45) is 0 Å². The van der Waals surface area contributed by atoms with Crippen LogP contribution in [0.4, 0.5) is 0 Å². The molecular weight excluding hydrogens is 400 g/mol. The zero-order valence-electron chi connectivity index (χ0n) is 14.0. The molecule has 1 amide bonds. The van der Waals surface area contributed by atoms with E-state index in [9.17, 15) is 4.79 Å². The molecular formula is C20H18BrClN2O. The summed E-state index contributed by atoms with van der Waals surface area (Å²) in [6.07, 6.45) is 0. The average molecular weight is 418 g/mol. The molecule has 5 heteroatoms. The monoisotopic (exact) mass is 416 g/mol. The summed E-state index contributed by atoms with van der Waals surface area (Å²) in [4.78, 5) is 13.3. The SMILES string of the molecule is Cc1ccc(C)n1N(Cc1ccc(Br)cc1)C(=O)c1ccccc1Cl. The van der Waals surface area contributed by atoms with Gasteiger partial charge in [-0.25, -0.2) is 5.01 Å². The van der Waals surface area contributed by atoms with E-state index in [1.165, 1.54) is 0 Å². The molecule has 0 unspecified atom stereocenters. The Kier molecular flexibility index (Phi) is 5.30. The van der Waals surface area contributed by atoms with Crippen LogP contribution >= 0.6 is 27.5 Å². The van der Waals surface area contributed by atoms with Crippen LogP contribution in [0.15, 0.2) is 65.1 Å². The normalized spacial score (nSPS) is 10.7. The maximum Gasteiger partial charge on any atom is 0.274 e. The van der Waals surface area contributed by atoms with E-state index in [1.807, 2.05) is 67.1 Å². The average Bonchev–Trinajstić information content (AvgIpc) is 2.93. The van der Waals surface area contributed by atoms with E-state index in [0.717, 1.165) is 21.4 Å². The van der Waals surface area contributed by atoms with Crippen molar-refractivity contribution >= 4 is 33.4 Å². The summed E-state index contributed by atoms with van der Waals surface area (Å²) in [5.74, 6) is -0.129. The minimum Gasteiger partial charge on any atom is -0.267 e. The summed E-state index contributed by atoms with van der Waals surface area (Å²) in [5, 5.41) is 2.19. The van der Waals surface area contributed by atoms with Gasteiger partial charge in [0.25, 0.3) is 5.91 Å². The zero-order valence-corrected chi connectivity index (χ0v) is 16.4. The molecule has 0 saturated heterocycles. The van der Waals surface area contributed by atoms with Gasteiger partial charge < -0.3 is 0 Å². The second-order valence-corrected chi connectivity index (χ2v) is 7.22. The number of aromatic nitrogens is 1. The van der Waals surface area contributed by atoms with Gasteiger partial charge in [-0.2, -0.15) is 0 Å². The van der Waals surface area contributed by atoms with Gasteiger partial charge in [0.1, 0.15) is 0 Å². The number of benzene rings is 2. The highest BCUT2D eigenvalue weighted by Crippen LogP contribution is 2.21. The molecule has 0 atom stereocenters. The second kappa shape index (κ2) is 7.46. The van der Waals surface area contributed by atoms with Crippen molar-refractivity contribution in [3.8, 4) is 0 Å². The van der Waals surface area contributed by atoms with Crippen LogP contribution in [-0.2, 0) is 6.54 Å². The highest BCUT2D eigenvalue weighted by Gasteiger charge is 2.22. The van der Waals surface area contributed by atoms with Crippen molar-refractivity contribution in [1.29, 1.82) is 0 Å². The lowest BCUT2D eigenvalue weighted by molar-refractivity contribution is 0.0954. The Labute approximate surface area is 160 Å². The van der Waals surface area contributed by atoms with Crippen LogP contribution in [0.25, 0.3) is 0 Å². The molecule has 3 nitrogen and oxygen atoms in total. The highest BCUT2D eigenvalue weighted by molar-refractivity contribution is 9.10. The van der Waals surface area contributed by atoms with Crippen molar-refractivity contribution in [1.82, 2.24) is 4.68 Å². The summed E-state index contributed by atoms with van der Waals surface area (Å²) < 4.78 is 2.95. The third kappa shape index (κ3) is 3.80. The topological polar surface area (TPSA) is 25.2 Å². The Morgan fingerprint density at radius 1 is 1.00 bits per heavy atom. The van der Waals surface area contributed by atoms with Crippen LogP contribution in [-0.4, -0.2) is 10.6 Å². The minimum atomic E-state index is -0.129. The van der Waals surface area contributed by atoms with E-state index in [4.69, 9.17) is 11.6 Å². The summed E-state index contributed by atoms with van der Waals surface area (Å²) in [6, 6.07) is 19.1. The number of amides is 1. The van der Waals surface area contributed by atoms with Gasteiger partial charge in [0, 0.05) is 15.9 Å².